The topological polar surface area (TPSA) is 98.3 Å². The third-order valence-corrected chi connectivity index (χ3v) is 2.84. The average Bonchev–Trinajstić information content (AvgIpc) is 2.48. The maximum atomic E-state index is 12.6. The van der Waals surface area contributed by atoms with Crippen LogP contribution in [0, 0.1) is 0 Å². The summed E-state index contributed by atoms with van der Waals surface area (Å²) in [5, 5.41) is 4.48. The van der Waals surface area contributed by atoms with Crippen LogP contribution < -0.4 is 15.4 Å². The molecule has 30 heavy (non-hydrogen) atoms. The number of hydrogen-bond donors (Lipinski definition) is 2. The van der Waals surface area contributed by atoms with Crippen LogP contribution in [-0.2, 0) is 16.0 Å². The molecule has 1 aromatic rings. The van der Waals surface area contributed by atoms with Crippen LogP contribution in [0.2, 0.25) is 0 Å². The van der Waals surface area contributed by atoms with Crippen LogP contribution in [0.4, 0.5) is 22.8 Å². The molecule has 0 aliphatic rings. The molecule has 0 radical (unpaired) electrons. The molecule has 0 unspecified atom stereocenters. The van der Waals surface area contributed by atoms with Crippen molar-refractivity contribution in [2.75, 3.05) is 0 Å². The van der Waals surface area contributed by atoms with Gasteiger partial charge in [-0.25, -0.2) is 14.6 Å². The predicted octanol–water partition coefficient (Wildman–Crippen LogP) is 4.49. The van der Waals surface area contributed by atoms with E-state index >= 15 is 0 Å². The number of para-hydroxylation sites is 1. The lowest BCUT2D eigenvalue weighted by Gasteiger charge is -2.22. The van der Waals surface area contributed by atoms with Crippen molar-refractivity contribution < 1.29 is 37.0 Å². The predicted molar refractivity (Wildman–Crippen MR) is 103 cm³/mol. The third-order valence-electron chi connectivity index (χ3n) is 2.84. The Morgan fingerprint density at radius 1 is 0.900 bits per heavy atom. The van der Waals surface area contributed by atoms with E-state index in [2.05, 4.69) is 20.4 Å². The van der Waals surface area contributed by atoms with Crippen LogP contribution >= 0.6 is 0 Å². The fourth-order valence-corrected chi connectivity index (χ4v) is 1.93. The van der Waals surface area contributed by atoms with E-state index in [1.807, 2.05) is 0 Å². The summed E-state index contributed by atoms with van der Waals surface area (Å²) in [7, 11) is 0. The van der Waals surface area contributed by atoms with E-state index in [-0.39, 0.29) is 18.1 Å². The van der Waals surface area contributed by atoms with Crippen LogP contribution in [0.15, 0.2) is 29.3 Å². The Bertz CT molecular complexity index is 749. The Balaban J connectivity index is 3.05. The third kappa shape index (κ3) is 11.1. The standard InChI is InChI=1S/C19H26F3N3O5/c1-17(2,3)29-15(26)24-14(25-16(27)30-18(4,5)6)23-11-12-9-7-8-10-13(12)28-19(20,21)22/h7-10H,11H2,1-6H3,(H2,23,24,25,26,27). The van der Waals surface area contributed by atoms with Crippen LogP contribution in [0.5, 0.6) is 5.75 Å². The molecule has 168 valence electrons. The van der Waals surface area contributed by atoms with Gasteiger partial charge in [-0.1, -0.05) is 18.2 Å². The van der Waals surface area contributed by atoms with Crippen molar-refractivity contribution in [3.8, 4) is 5.75 Å². The molecule has 0 heterocycles. The van der Waals surface area contributed by atoms with Gasteiger partial charge in [-0.05, 0) is 47.6 Å². The number of rotatable bonds is 3. The zero-order valence-electron chi connectivity index (χ0n) is 17.6. The Hall–Kier alpha value is -2.98. The number of nitrogens with zero attached hydrogens (tertiary/aromatic N) is 1. The minimum atomic E-state index is -4.88. The molecule has 2 N–H and O–H groups in total. The highest BCUT2D eigenvalue weighted by atomic mass is 19.4. The van der Waals surface area contributed by atoms with E-state index in [0.29, 0.717) is 0 Å². The molecule has 1 rings (SSSR count). The van der Waals surface area contributed by atoms with Gasteiger partial charge in [-0.3, -0.25) is 10.6 Å². The molecule has 0 fully saturated rings. The van der Waals surface area contributed by atoms with Crippen molar-refractivity contribution in [1.82, 2.24) is 10.6 Å². The fraction of sp³-hybridized carbons (Fsp3) is 0.526. The van der Waals surface area contributed by atoms with Gasteiger partial charge in [-0.2, -0.15) is 0 Å². The summed E-state index contributed by atoms with van der Waals surface area (Å²) in [6.45, 7) is 9.47. The molecule has 0 saturated carbocycles. The molecule has 0 aliphatic heterocycles. The number of amides is 2. The second kappa shape index (κ2) is 9.68. The second-order valence-electron chi connectivity index (χ2n) is 8.07. The number of nitrogens with one attached hydrogen (secondary N) is 2. The van der Waals surface area contributed by atoms with E-state index < -0.39 is 35.5 Å². The Kier molecular flexibility index (Phi) is 8.09. The van der Waals surface area contributed by atoms with Gasteiger partial charge in [-0.15, -0.1) is 13.2 Å². The molecule has 0 spiro atoms. The van der Waals surface area contributed by atoms with Crippen LogP contribution in [-0.4, -0.2) is 35.7 Å². The van der Waals surface area contributed by atoms with Crippen LogP contribution in [0.3, 0.4) is 0 Å². The van der Waals surface area contributed by atoms with Gasteiger partial charge < -0.3 is 14.2 Å². The van der Waals surface area contributed by atoms with Gasteiger partial charge in [0.05, 0.1) is 6.54 Å². The number of alkyl carbamates (subject to hydrolysis) is 2. The molecule has 0 bridgehead atoms. The summed E-state index contributed by atoms with van der Waals surface area (Å²) in [4.78, 5) is 28.0. The zero-order valence-corrected chi connectivity index (χ0v) is 17.6. The van der Waals surface area contributed by atoms with E-state index in [0.717, 1.165) is 6.07 Å². The molecule has 0 saturated heterocycles. The smallest absolute Gasteiger partial charge is 0.444 e. The lowest BCUT2D eigenvalue weighted by molar-refractivity contribution is -0.274. The van der Waals surface area contributed by atoms with E-state index in [4.69, 9.17) is 9.47 Å². The number of aliphatic imine (C=N–C) groups is 1. The summed E-state index contributed by atoms with van der Waals surface area (Å²) in [6.07, 6.45) is -6.72. The molecular formula is C19H26F3N3O5. The molecule has 0 atom stereocenters. The van der Waals surface area contributed by atoms with Crippen molar-refractivity contribution >= 4 is 18.1 Å². The SMILES string of the molecule is CC(C)(C)OC(=O)NC(=NCc1ccccc1OC(F)(F)F)NC(=O)OC(C)(C)C. The molecule has 0 aliphatic carbocycles. The highest BCUT2D eigenvalue weighted by Crippen LogP contribution is 2.26. The number of carbonyl (C=O) groups is 2. The van der Waals surface area contributed by atoms with Gasteiger partial charge in [0, 0.05) is 5.56 Å². The van der Waals surface area contributed by atoms with Gasteiger partial charge in [0.25, 0.3) is 0 Å². The monoisotopic (exact) mass is 433 g/mol. The number of hydrogen-bond acceptors (Lipinski definition) is 6. The number of guanidine groups is 1. The minimum absolute atomic E-state index is 0.0734. The van der Waals surface area contributed by atoms with Crippen LogP contribution in [0.25, 0.3) is 0 Å². The van der Waals surface area contributed by atoms with E-state index in [9.17, 15) is 22.8 Å². The quantitative estimate of drug-likeness (QED) is 0.541. The lowest BCUT2D eigenvalue weighted by Crippen LogP contribution is -2.47. The summed E-state index contributed by atoms with van der Waals surface area (Å²) in [5.41, 5.74) is -1.58. The van der Waals surface area contributed by atoms with Gasteiger partial charge in [0.1, 0.15) is 17.0 Å². The molecule has 1 aromatic carbocycles. The first-order chi connectivity index (χ1) is 13.5. The number of halogens is 3. The number of benzene rings is 1. The van der Waals surface area contributed by atoms with Crippen molar-refractivity contribution in [1.29, 1.82) is 0 Å². The fourth-order valence-electron chi connectivity index (χ4n) is 1.93. The van der Waals surface area contributed by atoms with Crippen molar-refractivity contribution in [3.05, 3.63) is 29.8 Å². The van der Waals surface area contributed by atoms with Crippen LogP contribution in [0.1, 0.15) is 47.1 Å². The normalized spacial score (nSPS) is 11.9. The van der Waals surface area contributed by atoms with E-state index in [1.165, 1.54) is 18.2 Å². The van der Waals surface area contributed by atoms with Crippen molar-refractivity contribution in [2.45, 2.75) is 65.7 Å². The first-order valence-electron chi connectivity index (χ1n) is 8.92. The van der Waals surface area contributed by atoms with Crippen molar-refractivity contribution in [3.63, 3.8) is 0 Å². The van der Waals surface area contributed by atoms with Gasteiger partial charge in [0.2, 0.25) is 5.96 Å². The molecule has 8 nitrogen and oxygen atoms in total. The second-order valence-corrected chi connectivity index (χ2v) is 8.07. The van der Waals surface area contributed by atoms with Gasteiger partial charge >= 0.3 is 18.5 Å². The maximum absolute atomic E-state index is 12.6. The molecule has 2 amide bonds. The molecule has 11 heteroatoms. The Labute approximate surface area is 172 Å². The number of carbonyl (C=O) groups excluding carboxylic acids is 2. The first-order valence-corrected chi connectivity index (χ1v) is 8.92. The highest BCUT2D eigenvalue weighted by molar-refractivity contribution is 6.01. The summed E-state index contributed by atoms with van der Waals surface area (Å²) in [5.74, 6) is -0.817. The first kappa shape index (κ1) is 25.1. The highest BCUT2D eigenvalue weighted by Gasteiger charge is 2.32. The minimum Gasteiger partial charge on any atom is -0.444 e. The Morgan fingerprint density at radius 2 is 1.37 bits per heavy atom. The maximum Gasteiger partial charge on any atom is 0.573 e. The van der Waals surface area contributed by atoms with Crippen molar-refractivity contribution in [2.24, 2.45) is 4.99 Å². The number of alkyl halides is 3. The largest absolute Gasteiger partial charge is 0.573 e. The lowest BCUT2D eigenvalue weighted by atomic mass is 10.2. The molecule has 0 aromatic heterocycles. The van der Waals surface area contributed by atoms with Gasteiger partial charge in [0.15, 0.2) is 0 Å². The summed E-state index contributed by atoms with van der Waals surface area (Å²) < 4.78 is 51.9. The Morgan fingerprint density at radius 3 is 1.80 bits per heavy atom. The van der Waals surface area contributed by atoms with E-state index in [1.54, 1.807) is 41.5 Å². The number of ether oxygens (including phenoxy) is 3. The summed E-state index contributed by atoms with van der Waals surface area (Å²) in [6, 6.07) is 5.35. The molecular weight excluding hydrogens is 407 g/mol. The zero-order chi connectivity index (χ0) is 23.2. The summed E-state index contributed by atoms with van der Waals surface area (Å²) >= 11 is 0. The average molecular weight is 433 g/mol.